The molecule has 3 aliphatic rings. The van der Waals surface area contributed by atoms with E-state index in [4.69, 9.17) is 14.0 Å². The summed E-state index contributed by atoms with van der Waals surface area (Å²) in [6.45, 7) is 0.952. The Kier molecular flexibility index (Phi) is 6.77. The Labute approximate surface area is 210 Å². The lowest BCUT2D eigenvalue weighted by atomic mass is 9.69. The van der Waals surface area contributed by atoms with Gasteiger partial charge in [0, 0.05) is 23.7 Å². The van der Waals surface area contributed by atoms with Crippen LogP contribution in [0.5, 0.6) is 11.6 Å². The number of rotatable bonds is 9. The molecule has 1 saturated carbocycles. The molecule has 0 spiro atoms. The molecule has 12 heteroatoms. The molecule has 10 nitrogen and oxygen atoms in total. The van der Waals surface area contributed by atoms with E-state index in [0.717, 1.165) is 25.7 Å². The molecule has 0 radical (unpaired) electrons. The van der Waals surface area contributed by atoms with Crippen LogP contribution < -0.4 is 14.8 Å². The van der Waals surface area contributed by atoms with Gasteiger partial charge in [-0.2, -0.15) is 0 Å². The van der Waals surface area contributed by atoms with Gasteiger partial charge in [-0.3, -0.25) is 14.3 Å². The third-order valence-electron chi connectivity index (χ3n) is 7.31. The molecular formula is C24H28FN5O5S. The van der Waals surface area contributed by atoms with Gasteiger partial charge < -0.3 is 19.9 Å². The van der Waals surface area contributed by atoms with E-state index in [2.05, 4.69) is 25.0 Å². The van der Waals surface area contributed by atoms with Gasteiger partial charge in [-0.15, -0.1) is 0 Å². The van der Waals surface area contributed by atoms with Gasteiger partial charge in [0.2, 0.25) is 5.88 Å². The van der Waals surface area contributed by atoms with E-state index in [1.54, 1.807) is 18.2 Å². The van der Waals surface area contributed by atoms with Gasteiger partial charge in [0.25, 0.3) is 11.3 Å². The predicted molar refractivity (Wildman–Crippen MR) is 131 cm³/mol. The zero-order valence-electron chi connectivity index (χ0n) is 19.8. The number of fused-ring (bicyclic) bond motifs is 4. The van der Waals surface area contributed by atoms with Gasteiger partial charge in [-0.1, -0.05) is 0 Å². The first-order chi connectivity index (χ1) is 17.3. The maximum Gasteiger partial charge on any atom is 0.260 e. The molecule has 3 aromatic heterocycles. The first kappa shape index (κ1) is 24.8. The van der Waals surface area contributed by atoms with Crippen LogP contribution in [0.25, 0.3) is 11.0 Å². The number of nitrogens with zero attached hydrogens (tertiary/aromatic N) is 3. The second-order valence-corrected chi connectivity index (χ2v) is 10.1. The molecule has 3 fully saturated rings. The van der Waals surface area contributed by atoms with Crippen LogP contribution in [-0.4, -0.2) is 53.7 Å². The average molecular weight is 518 g/mol. The lowest BCUT2D eigenvalue weighted by Gasteiger charge is -2.53. The summed E-state index contributed by atoms with van der Waals surface area (Å²) in [6, 6.07) is 6.60. The molecule has 6 rings (SSSR count). The third kappa shape index (κ3) is 4.99. The Hall–Kier alpha value is -2.93. The molecule has 36 heavy (non-hydrogen) atoms. The molecule has 1 aliphatic carbocycles. The van der Waals surface area contributed by atoms with Gasteiger partial charge >= 0.3 is 0 Å². The van der Waals surface area contributed by atoms with Crippen molar-refractivity contribution in [3.8, 4) is 11.6 Å². The van der Waals surface area contributed by atoms with Crippen LogP contribution in [0.15, 0.2) is 30.5 Å². The van der Waals surface area contributed by atoms with Crippen molar-refractivity contribution in [1.82, 2.24) is 20.3 Å². The number of nitrogens with one attached hydrogen (secondary N) is 2. The Morgan fingerprint density at radius 3 is 2.69 bits per heavy atom. The van der Waals surface area contributed by atoms with Crippen molar-refractivity contribution in [3.05, 3.63) is 47.5 Å². The zero-order valence-corrected chi connectivity index (χ0v) is 20.6. The Bertz CT molecular complexity index is 1280. The highest BCUT2D eigenvalue weighted by Crippen LogP contribution is 2.46. The SMILES string of the molecule is COc1ccc2ncc(F)c(CCC34CCC(NCc5ccc(O)c(NS(=O)O)n5)(CC3)CO4)c2n1. The number of aryl methyl sites for hydroxylation is 1. The minimum absolute atomic E-state index is 0.0434. The van der Waals surface area contributed by atoms with Gasteiger partial charge in [-0.25, -0.2) is 18.6 Å². The number of hydrogen-bond acceptors (Lipinski definition) is 8. The Balaban J connectivity index is 1.23. The minimum atomic E-state index is -2.33. The van der Waals surface area contributed by atoms with Crippen LogP contribution >= 0.6 is 0 Å². The lowest BCUT2D eigenvalue weighted by molar-refractivity contribution is -0.165. The highest BCUT2D eigenvalue weighted by molar-refractivity contribution is 7.80. The molecule has 3 aromatic rings. The van der Waals surface area contributed by atoms with E-state index in [-0.39, 0.29) is 28.5 Å². The summed E-state index contributed by atoms with van der Waals surface area (Å²) in [5.41, 5.74) is 1.81. The number of ether oxygens (including phenoxy) is 2. The number of halogens is 1. The Morgan fingerprint density at radius 1 is 1.19 bits per heavy atom. The molecule has 2 bridgehead atoms. The van der Waals surface area contributed by atoms with Crippen LogP contribution in [0.4, 0.5) is 10.2 Å². The molecule has 1 unspecified atom stereocenters. The van der Waals surface area contributed by atoms with E-state index in [1.807, 2.05) is 0 Å². The zero-order chi connectivity index (χ0) is 25.3. The van der Waals surface area contributed by atoms with Gasteiger partial charge in [0.05, 0.1) is 42.2 Å². The number of aromatic hydroxyl groups is 1. The minimum Gasteiger partial charge on any atom is -0.504 e. The molecule has 192 valence electrons. The van der Waals surface area contributed by atoms with E-state index >= 15 is 0 Å². The maximum absolute atomic E-state index is 14.7. The fourth-order valence-corrected chi connectivity index (χ4v) is 5.44. The predicted octanol–water partition coefficient (Wildman–Crippen LogP) is 3.23. The van der Waals surface area contributed by atoms with Crippen molar-refractivity contribution in [2.45, 2.75) is 56.2 Å². The summed E-state index contributed by atoms with van der Waals surface area (Å²) in [4.78, 5) is 12.8. The number of hydrogen-bond donors (Lipinski definition) is 4. The first-order valence-electron chi connectivity index (χ1n) is 11.7. The number of pyridine rings is 3. The largest absolute Gasteiger partial charge is 0.504 e. The molecule has 0 amide bonds. The fourth-order valence-electron chi connectivity index (χ4n) is 5.12. The average Bonchev–Trinajstić information content (AvgIpc) is 2.89. The van der Waals surface area contributed by atoms with Crippen LogP contribution in [-0.2, 0) is 29.0 Å². The normalized spacial score (nSPS) is 24.1. The lowest BCUT2D eigenvalue weighted by Crippen LogP contribution is -2.61. The van der Waals surface area contributed by atoms with Crippen molar-refractivity contribution in [2.24, 2.45) is 0 Å². The van der Waals surface area contributed by atoms with Crippen LogP contribution in [0.1, 0.15) is 43.4 Å². The summed E-state index contributed by atoms with van der Waals surface area (Å²) in [5, 5.41) is 13.4. The monoisotopic (exact) mass is 517 g/mol. The summed E-state index contributed by atoms with van der Waals surface area (Å²) < 4.78 is 48.6. The summed E-state index contributed by atoms with van der Waals surface area (Å²) >= 11 is -2.33. The summed E-state index contributed by atoms with van der Waals surface area (Å²) in [5.74, 6) is -0.192. The van der Waals surface area contributed by atoms with Gasteiger partial charge in [-0.05, 0) is 56.7 Å². The molecule has 2 aliphatic heterocycles. The third-order valence-corrected chi connectivity index (χ3v) is 7.68. The molecule has 1 atom stereocenters. The standard InChI is InChI=1S/C24H28FN5O5S/c1-34-20-5-3-18-21(29-20)16(17(25)13-26-18)6-7-24-10-8-23(9-11-24,14-35-24)27-12-15-2-4-19(31)22(28-15)30-36(32)33/h2-5,13,27,31H,6-12,14H2,1H3,(H,28,30)(H,32,33). The van der Waals surface area contributed by atoms with Crippen LogP contribution in [0, 0.1) is 5.82 Å². The van der Waals surface area contributed by atoms with Gasteiger partial charge in [0.1, 0.15) is 5.82 Å². The molecule has 5 heterocycles. The van der Waals surface area contributed by atoms with Crippen molar-refractivity contribution < 1.29 is 27.7 Å². The van der Waals surface area contributed by atoms with Crippen molar-refractivity contribution >= 4 is 28.1 Å². The van der Waals surface area contributed by atoms with Crippen LogP contribution in [0.3, 0.4) is 0 Å². The number of anilines is 1. The molecular weight excluding hydrogens is 489 g/mol. The first-order valence-corrected chi connectivity index (χ1v) is 12.8. The second kappa shape index (κ2) is 9.85. The number of methoxy groups -OCH3 is 1. The van der Waals surface area contributed by atoms with E-state index in [0.29, 0.717) is 54.2 Å². The van der Waals surface area contributed by atoms with E-state index in [9.17, 15) is 13.7 Å². The fraction of sp³-hybridized carbons (Fsp3) is 0.458. The van der Waals surface area contributed by atoms with Crippen LogP contribution in [0.2, 0.25) is 0 Å². The summed E-state index contributed by atoms with van der Waals surface area (Å²) in [7, 11) is 1.53. The van der Waals surface area contributed by atoms with Gasteiger partial charge in [0.15, 0.2) is 11.6 Å². The summed E-state index contributed by atoms with van der Waals surface area (Å²) in [6.07, 6.45) is 5.93. The van der Waals surface area contributed by atoms with E-state index in [1.165, 1.54) is 19.4 Å². The molecule has 4 N–H and O–H groups in total. The topological polar surface area (TPSA) is 139 Å². The van der Waals surface area contributed by atoms with Crippen molar-refractivity contribution in [1.29, 1.82) is 0 Å². The maximum atomic E-state index is 14.7. The molecule has 0 aromatic carbocycles. The second-order valence-electron chi connectivity index (χ2n) is 9.43. The highest BCUT2D eigenvalue weighted by atomic mass is 32.2. The highest BCUT2D eigenvalue weighted by Gasteiger charge is 2.49. The molecule has 2 saturated heterocycles. The smallest absolute Gasteiger partial charge is 0.260 e. The van der Waals surface area contributed by atoms with Crippen molar-refractivity contribution in [2.75, 3.05) is 18.4 Å². The quantitative estimate of drug-likeness (QED) is 0.315. The Morgan fingerprint density at radius 2 is 2.00 bits per heavy atom. The number of aromatic nitrogens is 3. The van der Waals surface area contributed by atoms with E-state index < -0.39 is 11.3 Å². The van der Waals surface area contributed by atoms with Crippen molar-refractivity contribution in [3.63, 3.8) is 0 Å².